The normalized spacial score (nSPS) is 20.1. The van der Waals surface area contributed by atoms with Crippen molar-refractivity contribution in [3.05, 3.63) is 34.1 Å². The Kier molecular flexibility index (Phi) is 6.31. The monoisotopic (exact) mass is 459 g/mol. The number of likely N-dealkylation sites (tertiary alicyclic amines) is 1. The van der Waals surface area contributed by atoms with Gasteiger partial charge in [-0.3, -0.25) is 19.5 Å². The van der Waals surface area contributed by atoms with Crippen LogP contribution in [0.2, 0.25) is 5.02 Å². The maximum atomic E-state index is 13.4. The molecule has 1 aromatic heterocycles. The lowest BCUT2D eigenvalue weighted by molar-refractivity contribution is -0.121. The second-order valence-electron chi connectivity index (χ2n) is 8.34. The average Bonchev–Trinajstić information content (AvgIpc) is 3.33. The molecule has 3 heterocycles. The third-order valence-electron chi connectivity index (χ3n) is 6.07. The molecule has 2 aliphatic heterocycles. The van der Waals surface area contributed by atoms with Crippen molar-refractivity contribution in [1.29, 1.82) is 0 Å². The van der Waals surface area contributed by atoms with Gasteiger partial charge in [-0.2, -0.15) is 4.98 Å². The highest BCUT2D eigenvalue weighted by Gasteiger charge is 2.34. The lowest BCUT2D eigenvalue weighted by Gasteiger charge is -2.40. The van der Waals surface area contributed by atoms with Crippen molar-refractivity contribution >= 4 is 41.0 Å². The summed E-state index contributed by atoms with van der Waals surface area (Å²) >= 11 is 6.39. The largest absolute Gasteiger partial charge is 0.367 e. The van der Waals surface area contributed by atoms with E-state index >= 15 is 0 Å². The first-order chi connectivity index (χ1) is 15.3. The number of nitrogens with two attached hydrogens (primary N) is 1. The third kappa shape index (κ3) is 4.69. The van der Waals surface area contributed by atoms with Crippen LogP contribution in [0.15, 0.2) is 12.1 Å². The first kappa shape index (κ1) is 22.1. The SMILES string of the molecule is CC1CCCN(C(=O)c2cc3c(cc2Cl)NC(=O)C3)C1CNC(=O)CCc1nc(N)n[nH]1. The molecule has 170 valence electrons. The Hall–Kier alpha value is -3.14. The van der Waals surface area contributed by atoms with Gasteiger partial charge in [0.25, 0.3) is 5.91 Å². The second kappa shape index (κ2) is 9.15. The summed E-state index contributed by atoms with van der Waals surface area (Å²) in [5.41, 5.74) is 7.28. The highest BCUT2D eigenvalue weighted by Crippen LogP contribution is 2.32. The van der Waals surface area contributed by atoms with Crippen LogP contribution in [0.1, 0.15) is 47.9 Å². The number of fused-ring (bicyclic) bond motifs is 1. The molecule has 5 N–H and O–H groups in total. The van der Waals surface area contributed by atoms with Crippen LogP contribution in [-0.2, 0) is 22.4 Å². The van der Waals surface area contributed by atoms with Crippen LogP contribution in [-0.4, -0.2) is 56.9 Å². The Bertz CT molecular complexity index is 1050. The summed E-state index contributed by atoms with van der Waals surface area (Å²) in [7, 11) is 0. The minimum Gasteiger partial charge on any atom is -0.367 e. The van der Waals surface area contributed by atoms with Gasteiger partial charge in [0, 0.05) is 31.6 Å². The van der Waals surface area contributed by atoms with Gasteiger partial charge < -0.3 is 21.3 Å². The molecule has 32 heavy (non-hydrogen) atoms. The Morgan fingerprint density at radius 3 is 2.94 bits per heavy atom. The number of carbonyl (C=O) groups excluding carboxylic acids is 3. The number of aryl methyl sites for hydroxylation is 1. The molecule has 4 rings (SSSR count). The molecule has 0 bridgehead atoms. The Morgan fingerprint density at radius 1 is 1.38 bits per heavy atom. The summed E-state index contributed by atoms with van der Waals surface area (Å²) in [5.74, 6) is 0.500. The molecule has 11 heteroatoms. The number of anilines is 2. The summed E-state index contributed by atoms with van der Waals surface area (Å²) < 4.78 is 0. The van der Waals surface area contributed by atoms with Crippen LogP contribution >= 0.6 is 11.6 Å². The molecule has 2 aromatic rings. The highest BCUT2D eigenvalue weighted by molar-refractivity contribution is 6.34. The maximum absolute atomic E-state index is 13.4. The molecule has 1 aromatic carbocycles. The summed E-state index contributed by atoms with van der Waals surface area (Å²) in [6, 6.07) is 3.19. The fraction of sp³-hybridized carbons (Fsp3) is 0.476. The number of nitrogens with one attached hydrogen (secondary N) is 3. The van der Waals surface area contributed by atoms with Gasteiger partial charge in [0.05, 0.1) is 23.0 Å². The summed E-state index contributed by atoms with van der Waals surface area (Å²) in [6.45, 7) is 3.03. The molecule has 10 nitrogen and oxygen atoms in total. The third-order valence-corrected chi connectivity index (χ3v) is 6.38. The van der Waals surface area contributed by atoms with Gasteiger partial charge in [0.15, 0.2) is 0 Å². The zero-order chi connectivity index (χ0) is 22.8. The zero-order valence-corrected chi connectivity index (χ0v) is 18.5. The van der Waals surface area contributed by atoms with Crippen molar-refractivity contribution in [2.75, 3.05) is 24.1 Å². The molecule has 0 saturated carbocycles. The standard InChI is InChI=1S/C21H26ClN7O3/c1-11-3-2-6-29(16(11)10-24-18(30)5-4-17-26-21(23)28-27-17)20(32)13-7-12-8-19(31)25-15(12)9-14(13)22/h7,9,11,16H,2-6,8,10H2,1H3,(H,24,30)(H,25,31)(H3,23,26,27,28). The number of nitrogens with zero attached hydrogens (tertiary/aromatic N) is 3. The molecule has 0 aliphatic carbocycles. The van der Waals surface area contributed by atoms with Crippen LogP contribution in [0.4, 0.5) is 11.6 Å². The van der Waals surface area contributed by atoms with E-state index < -0.39 is 0 Å². The van der Waals surface area contributed by atoms with E-state index in [0.717, 1.165) is 18.4 Å². The van der Waals surface area contributed by atoms with E-state index in [-0.39, 0.29) is 48.5 Å². The number of hydrogen-bond donors (Lipinski definition) is 4. The Morgan fingerprint density at radius 2 is 2.19 bits per heavy atom. The molecule has 0 radical (unpaired) electrons. The molecule has 2 unspecified atom stereocenters. The number of hydrogen-bond acceptors (Lipinski definition) is 6. The van der Waals surface area contributed by atoms with E-state index in [1.54, 1.807) is 17.0 Å². The van der Waals surface area contributed by atoms with Gasteiger partial charge in [-0.25, -0.2) is 0 Å². The lowest BCUT2D eigenvalue weighted by Crippen LogP contribution is -2.53. The number of halogens is 1. The van der Waals surface area contributed by atoms with Crippen LogP contribution in [0.3, 0.4) is 0 Å². The fourth-order valence-electron chi connectivity index (χ4n) is 4.34. The van der Waals surface area contributed by atoms with Crippen LogP contribution in [0.5, 0.6) is 0 Å². The van der Waals surface area contributed by atoms with Gasteiger partial charge in [0.1, 0.15) is 5.82 Å². The minimum absolute atomic E-state index is 0.110. The predicted octanol–water partition coefficient (Wildman–Crippen LogP) is 1.52. The molecule has 3 amide bonds. The summed E-state index contributed by atoms with van der Waals surface area (Å²) in [5, 5.41) is 12.4. The maximum Gasteiger partial charge on any atom is 0.255 e. The number of carbonyl (C=O) groups is 3. The summed E-state index contributed by atoms with van der Waals surface area (Å²) in [4.78, 5) is 43.2. The van der Waals surface area contributed by atoms with E-state index in [2.05, 4.69) is 32.7 Å². The van der Waals surface area contributed by atoms with Crippen LogP contribution < -0.4 is 16.4 Å². The van der Waals surface area contributed by atoms with Crippen molar-refractivity contribution in [3.8, 4) is 0 Å². The number of piperidine rings is 1. The van der Waals surface area contributed by atoms with Gasteiger partial charge in [-0.15, -0.1) is 5.10 Å². The Balaban J connectivity index is 1.42. The van der Waals surface area contributed by atoms with Crippen molar-refractivity contribution in [3.63, 3.8) is 0 Å². The molecule has 1 saturated heterocycles. The van der Waals surface area contributed by atoms with Crippen molar-refractivity contribution in [1.82, 2.24) is 25.4 Å². The van der Waals surface area contributed by atoms with E-state index in [9.17, 15) is 14.4 Å². The van der Waals surface area contributed by atoms with Gasteiger partial charge in [0.2, 0.25) is 17.8 Å². The number of nitrogen functional groups attached to an aromatic ring is 1. The molecule has 1 fully saturated rings. The highest BCUT2D eigenvalue weighted by atomic mass is 35.5. The van der Waals surface area contributed by atoms with E-state index in [1.807, 2.05) is 0 Å². The quantitative estimate of drug-likeness (QED) is 0.515. The van der Waals surface area contributed by atoms with Gasteiger partial charge in [-0.05, 0) is 36.5 Å². The van der Waals surface area contributed by atoms with Crippen molar-refractivity contribution in [2.45, 2.75) is 45.1 Å². The number of H-pyrrole nitrogens is 1. The van der Waals surface area contributed by atoms with E-state index in [4.69, 9.17) is 17.3 Å². The van der Waals surface area contributed by atoms with E-state index in [1.165, 1.54) is 0 Å². The molecular formula is C21H26ClN7O3. The molecule has 2 aliphatic rings. The number of aromatic amines is 1. The number of benzene rings is 1. The summed E-state index contributed by atoms with van der Waals surface area (Å²) in [6.07, 6.45) is 2.72. The van der Waals surface area contributed by atoms with Gasteiger partial charge >= 0.3 is 0 Å². The van der Waals surface area contributed by atoms with Crippen LogP contribution in [0.25, 0.3) is 0 Å². The molecular weight excluding hydrogens is 434 g/mol. The van der Waals surface area contributed by atoms with Gasteiger partial charge in [-0.1, -0.05) is 18.5 Å². The number of amides is 3. The predicted molar refractivity (Wildman–Crippen MR) is 119 cm³/mol. The number of rotatable bonds is 6. The Labute approximate surface area is 190 Å². The van der Waals surface area contributed by atoms with Crippen LogP contribution in [0, 0.1) is 5.92 Å². The smallest absolute Gasteiger partial charge is 0.255 e. The fourth-order valence-corrected chi connectivity index (χ4v) is 4.58. The first-order valence-electron chi connectivity index (χ1n) is 10.7. The lowest BCUT2D eigenvalue weighted by atomic mass is 9.90. The first-order valence-corrected chi connectivity index (χ1v) is 11.1. The topological polar surface area (TPSA) is 146 Å². The van der Waals surface area contributed by atoms with E-state index in [0.29, 0.717) is 41.6 Å². The molecule has 2 atom stereocenters. The molecule has 0 spiro atoms. The second-order valence-corrected chi connectivity index (χ2v) is 8.75. The zero-order valence-electron chi connectivity index (χ0n) is 17.8. The number of aromatic nitrogens is 3. The van der Waals surface area contributed by atoms with Crippen molar-refractivity contribution in [2.24, 2.45) is 5.92 Å². The average molecular weight is 460 g/mol. The van der Waals surface area contributed by atoms with Crippen molar-refractivity contribution < 1.29 is 14.4 Å². The minimum atomic E-state index is -0.180.